The quantitative estimate of drug-likeness (QED) is 0.451. The standard InChI is InChI=1S/C16H26N2S/c1-13-6-10-16(11-7-13)19-12-15(18-17)9-8-14-4-2-3-5-14/h6-7,10-11,14-15,18H,2-5,8-9,12,17H2,1H3. The molecule has 1 aromatic rings. The van der Waals surface area contributed by atoms with E-state index in [1.807, 2.05) is 11.8 Å². The van der Waals surface area contributed by atoms with Crippen LogP contribution in [-0.4, -0.2) is 11.8 Å². The van der Waals surface area contributed by atoms with Gasteiger partial charge in [-0.25, -0.2) is 0 Å². The SMILES string of the molecule is Cc1ccc(SCC(CCC2CCCC2)NN)cc1. The lowest BCUT2D eigenvalue weighted by molar-refractivity contribution is 0.428. The van der Waals surface area contributed by atoms with Crippen molar-refractivity contribution >= 4 is 11.8 Å². The number of nitrogens with two attached hydrogens (primary N) is 1. The summed E-state index contributed by atoms with van der Waals surface area (Å²) in [5.41, 5.74) is 4.31. The van der Waals surface area contributed by atoms with E-state index < -0.39 is 0 Å². The van der Waals surface area contributed by atoms with Crippen molar-refractivity contribution in [1.29, 1.82) is 0 Å². The smallest absolute Gasteiger partial charge is 0.0304 e. The minimum Gasteiger partial charge on any atom is -0.271 e. The summed E-state index contributed by atoms with van der Waals surface area (Å²) in [6.07, 6.45) is 8.28. The zero-order valence-electron chi connectivity index (χ0n) is 11.9. The Morgan fingerprint density at radius 1 is 1.26 bits per heavy atom. The molecule has 0 spiro atoms. The second kappa shape index (κ2) is 7.93. The molecule has 1 atom stereocenters. The van der Waals surface area contributed by atoms with Gasteiger partial charge in [0.25, 0.3) is 0 Å². The number of benzene rings is 1. The Kier molecular flexibility index (Phi) is 6.21. The lowest BCUT2D eigenvalue weighted by atomic mass is 9.99. The molecular weight excluding hydrogens is 252 g/mol. The van der Waals surface area contributed by atoms with Gasteiger partial charge >= 0.3 is 0 Å². The highest BCUT2D eigenvalue weighted by Gasteiger charge is 2.17. The van der Waals surface area contributed by atoms with Gasteiger partial charge in [0.05, 0.1) is 0 Å². The average molecular weight is 278 g/mol. The zero-order chi connectivity index (χ0) is 13.5. The Morgan fingerprint density at radius 2 is 1.95 bits per heavy atom. The molecule has 1 saturated carbocycles. The highest BCUT2D eigenvalue weighted by molar-refractivity contribution is 7.99. The number of hydrogen-bond acceptors (Lipinski definition) is 3. The summed E-state index contributed by atoms with van der Waals surface area (Å²) in [6, 6.07) is 9.18. The molecule has 19 heavy (non-hydrogen) atoms. The van der Waals surface area contributed by atoms with E-state index >= 15 is 0 Å². The molecule has 1 aromatic carbocycles. The van der Waals surface area contributed by atoms with E-state index in [9.17, 15) is 0 Å². The monoisotopic (exact) mass is 278 g/mol. The van der Waals surface area contributed by atoms with E-state index in [-0.39, 0.29) is 0 Å². The van der Waals surface area contributed by atoms with Gasteiger partial charge in [0.2, 0.25) is 0 Å². The van der Waals surface area contributed by atoms with Crippen LogP contribution < -0.4 is 11.3 Å². The predicted molar refractivity (Wildman–Crippen MR) is 84.2 cm³/mol. The Balaban J connectivity index is 1.70. The van der Waals surface area contributed by atoms with E-state index in [2.05, 4.69) is 36.6 Å². The second-order valence-electron chi connectivity index (χ2n) is 5.72. The van der Waals surface area contributed by atoms with Gasteiger partial charge in [-0.1, -0.05) is 43.4 Å². The lowest BCUT2D eigenvalue weighted by Gasteiger charge is -2.17. The van der Waals surface area contributed by atoms with Crippen LogP contribution in [0.15, 0.2) is 29.2 Å². The van der Waals surface area contributed by atoms with Crippen molar-refractivity contribution in [2.45, 2.75) is 56.4 Å². The molecule has 1 aliphatic carbocycles. The molecule has 0 aromatic heterocycles. The first-order valence-corrected chi connectivity index (χ1v) is 8.42. The Morgan fingerprint density at radius 3 is 2.58 bits per heavy atom. The summed E-state index contributed by atoms with van der Waals surface area (Å²) < 4.78 is 0. The summed E-state index contributed by atoms with van der Waals surface area (Å²) >= 11 is 1.90. The minimum absolute atomic E-state index is 0.437. The fourth-order valence-electron chi connectivity index (χ4n) is 2.78. The maximum atomic E-state index is 5.68. The van der Waals surface area contributed by atoms with Crippen molar-refractivity contribution in [2.75, 3.05) is 5.75 Å². The number of hydrogen-bond donors (Lipinski definition) is 2. The highest BCUT2D eigenvalue weighted by Crippen LogP contribution is 2.29. The summed E-state index contributed by atoms with van der Waals surface area (Å²) in [7, 11) is 0. The van der Waals surface area contributed by atoms with Gasteiger partial charge in [-0.05, 0) is 37.8 Å². The average Bonchev–Trinajstić information content (AvgIpc) is 2.94. The van der Waals surface area contributed by atoms with Crippen LogP contribution >= 0.6 is 11.8 Å². The maximum absolute atomic E-state index is 5.68. The molecule has 2 nitrogen and oxygen atoms in total. The molecule has 3 heteroatoms. The van der Waals surface area contributed by atoms with E-state index in [0.717, 1.165) is 11.7 Å². The van der Waals surface area contributed by atoms with Crippen molar-refractivity contribution in [3.05, 3.63) is 29.8 Å². The van der Waals surface area contributed by atoms with Crippen LogP contribution in [0.25, 0.3) is 0 Å². The van der Waals surface area contributed by atoms with Crippen molar-refractivity contribution in [2.24, 2.45) is 11.8 Å². The molecule has 1 unspecified atom stereocenters. The van der Waals surface area contributed by atoms with E-state index in [4.69, 9.17) is 5.84 Å². The molecule has 0 bridgehead atoms. The Labute approximate surface area is 121 Å². The minimum atomic E-state index is 0.437. The largest absolute Gasteiger partial charge is 0.271 e. The number of nitrogens with one attached hydrogen (secondary N) is 1. The van der Waals surface area contributed by atoms with Crippen LogP contribution in [0.2, 0.25) is 0 Å². The molecule has 0 amide bonds. The van der Waals surface area contributed by atoms with Crippen molar-refractivity contribution in [3.63, 3.8) is 0 Å². The number of thioether (sulfide) groups is 1. The predicted octanol–water partition coefficient (Wildman–Crippen LogP) is 3.89. The fourth-order valence-corrected chi connectivity index (χ4v) is 3.77. The first-order valence-electron chi connectivity index (χ1n) is 7.43. The van der Waals surface area contributed by atoms with Crippen LogP contribution in [0.4, 0.5) is 0 Å². The van der Waals surface area contributed by atoms with Gasteiger partial charge in [-0.2, -0.15) is 0 Å². The van der Waals surface area contributed by atoms with Gasteiger partial charge < -0.3 is 0 Å². The summed E-state index contributed by atoms with van der Waals surface area (Å²) in [6.45, 7) is 2.13. The molecule has 3 N–H and O–H groups in total. The van der Waals surface area contributed by atoms with Crippen LogP contribution in [0.5, 0.6) is 0 Å². The van der Waals surface area contributed by atoms with E-state index in [0.29, 0.717) is 6.04 Å². The first-order chi connectivity index (χ1) is 9.28. The second-order valence-corrected chi connectivity index (χ2v) is 6.81. The molecular formula is C16H26N2S. The molecule has 0 saturated heterocycles. The number of hydrazine groups is 1. The summed E-state index contributed by atoms with van der Waals surface area (Å²) in [4.78, 5) is 1.34. The summed E-state index contributed by atoms with van der Waals surface area (Å²) in [5, 5.41) is 0. The molecule has 1 fully saturated rings. The van der Waals surface area contributed by atoms with Gasteiger partial charge in [0.1, 0.15) is 0 Å². The van der Waals surface area contributed by atoms with E-state index in [1.54, 1.807) is 0 Å². The highest BCUT2D eigenvalue weighted by atomic mass is 32.2. The van der Waals surface area contributed by atoms with Gasteiger partial charge in [0, 0.05) is 16.7 Å². The van der Waals surface area contributed by atoms with Gasteiger partial charge in [-0.15, -0.1) is 11.8 Å². The molecule has 106 valence electrons. The van der Waals surface area contributed by atoms with Crippen LogP contribution in [0.3, 0.4) is 0 Å². The van der Waals surface area contributed by atoms with Gasteiger partial charge in [-0.3, -0.25) is 11.3 Å². The Hall–Kier alpha value is -0.510. The van der Waals surface area contributed by atoms with E-state index in [1.165, 1.54) is 49.0 Å². The van der Waals surface area contributed by atoms with Crippen LogP contribution in [0, 0.1) is 12.8 Å². The maximum Gasteiger partial charge on any atom is 0.0304 e. The normalized spacial score (nSPS) is 17.8. The van der Waals surface area contributed by atoms with Crippen LogP contribution in [0.1, 0.15) is 44.1 Å². The third-order valence-corrected chi connectivity index (χ3v) is 5.28. The van der Waals surface area contributed by atoms with Crippen molar-refractivity contribution < 1.29 is 0 Å². The fraction of sp³-hybridized carbons (Fsp3) is 0.625. The lowest BCUT2D eigenvalue weighted by Crippen LogP contribution is -2.37. The molecule has 2 rings (SSSR count). The topological polar surface area (TPSA) is 38.0 Å². The number of aryl methyl sites for hydroxylation is 1. The Bertz CT molecular complexity index is 358. The zero-order valence-corrected chi connectivity index (χ0v) is 12.7. The number of rotatable bonds is 7. The molecule has 0 aliphatic heterocycles. The molecule has 0 heterocycles. The molecule has 1 aliphatic rings. The van der Waals surface area contributed by atoms with Crippen LogP contribution in [-0.2, 0) is 0 Å². The van der Waals surface area contributed by atoms with Crippen molar-refractivity contribution in [3.8, 4) is 0 Å². The third kappa shape index (κ3) is 5.17. The first kappa shape index (κ1) is 14.9. The molecule has 0 radical (unpaired) electrons. The summed E-state index contributed by atoms with van der Waals surface area (Å²) in [5.74, 6) is 7.70. The third-order valence-electron chi connectivity index (χ3n) is 4.11. The van der Waals surface area contributed by atoms with Crippen molar-refractivity contribution in [1.82, 2.24) is 5.43 Å². The van der Waals surface area contributed by atoms with Gasteiger partial charge in [0.15, 0.2) is 0 Å².